The Morgan fingerprint density at radius 1 is 1.25 bits per heavy atom. The van der Waals surface area contributed by atoms with Gasteiger partial charge in [-0.2, -0.15) is 0 Å². The minimum absolute atomic E-state index is 0. The number of rotatable bonds is 0. The normalized spacial score (nSPS) is 1.00. The number of hydrogen-bond acceptors (Lipinski definition) is 0. The molecule has 0 aliphatic rings. The molecule has 0 bridgehead atoms. The molecule has 0 rings (SSSR count). The fourth-order valence-electron chi connectivity index (χ4n) is 0. The molecule has 0 saturated heterocycles. The standard InChI is InChI=1S/Al.Ce.ClH.Mg.5H/h;;1H;;;;;;/q;+1;;;;;;;/p-1. The molecule has 0 aliphatic carbocycles. The second-order valence-electron chi connectivity index (χ2n) is 0. The van der Waals surface area contributed by atoms with E-state index >= 15 is 0 Å². The largest absolute Gasteiger partial charge is 0.316 e. The maximum atomic E-state index is 4.78. The van der Waals surface area contributed by atoms with Crippen LogP contribution in [-0.4, -0.2) is 40.4 Å². The minimum atomic E-state index is 0. The van der Waals surface area contributed by atoms with E-state index in [1.54, 1.807) is 0 Å². The number of hydrogen-bond donors (Lipinski definition) is 0. The van der Waals surface area contributed by atoms with Gasteiger partial charge in [0, 0.05) is 0 Å². The van der Waals surface area contributed by atoms with Crippen molar-refractivity contribution in [3.8, 4) is 0 Å². The van der Waals surface area contributed by atoms with Crippen LogP contribution in [0.3, 0.4) is 0 Å². The third-order valence-corrected chi connectivity index (χ3v) is 0. The Morgan fingerprint density at radius 3 is 1.25 bits per heavy atom. The van der Waals surface area contributed by atoms with Gasteiger partial charge in [0.05, 0.1) is 0 Å². The molecule has 0 aromatic carbocycles. The summed E-state index contributed by atoms with van der Waals surface area (Å²) in [6, 6.07) is 0. The van der Waals surface area contributed by atoms with Crippen LogP contribution in [0.4, 0.5) is 0 Å². The molecular formula is H5AlCeClMg. The van der Waals surface area contributed by atoms with Crippen molar-refractivity contribution in [2.45, 2.75) is 0 Å². The smallest absolute Gasteiger partial charge is 0.316 e. The van der Waals surface area contributed by atoms with Gasteiger partial charge in [-0.25, -0.2) is 0 Å². The first kappa shape index (κ1) is 15.8. The first-order valence-electron chi connectivity index (χ1n) is 0.189. The summed E-state index contributed by atoms with van der Waals surface area (Å²) in [6.07, 6.45) is 0. The van der Waals surface area contributed by atoms with Gasteiger partial charge in [-0.05, 0) is 0 Å². The van der Waals surface area contributed by atoms with Crippen LogP contribution >= 0.6 is 5.63 Å². The van der Waals surface area contributed by atoms with Gasteiger partial charge in [-0.3, -0.25) is 0 Å². The van der Waals surface area contributed by atoms with Gasteiger partial charge in [-0.1, -0.05) is 0 Å². The zero-order chi connectivity index (χ0) is 2.00. The zero-order valence-electron chi connectivity index (χ0n) is 0.878. The van der Waals surface area contributed by atoms with Gasteiger partial charge in [-0.15, -0.1) is 0 Å². The van der Waals surface area contributed by atoms with Crippen molar-refractivity contribution in [2.24, 2.45) is 0 Å². The van der Waals surface area contributed by atoms with Crippen LogP contribution in [0.15, 0.2) is 0 Å². The van der Waals surface area contributed by atoms with Gasteiger partial charge in [0.2, 0.25) is 0 Å². The zero-order valence-corrected chi connectivity index (χ0v) is 4.77. The van der Waals surface area contributed by atoms with Crippen LogP contribution in [0.1, 0.15) is 0 Å². The molecule has 0 radical (unpaired) electrons. The summed E-state index contributed by atoms with van der Waals surface area (Å²) in [5, 5.41) is 0. The van der Waals surface area contributed by atoms with E-state index in [0.29, 0.717) is 0 Å². The minimum Gasteiger partial charge on any atom is 0.316 e. The molecule has 0 N–H and O–H groups in total. The van der Waals surface area contributed by atoms with Crippen molar-refractivity contribution >= 4 is 46.0 Å². The Bertz CT molecular complexity index is 8.00. The molecule has 0 heterocycles. The van der Waals surface area contributed by atoms with E-state index in [-0.39, 0.29) is 40.4 Å². The Labute approximate surface area is 82.1 Å². The molecule has 0 unspecified atom stereocenters. The van der Waals surface area contributed by atoms with Crippen molar-refractivity contribution in [2.75, 3.05) is 0 Å². The van der Waals surface area contributed by atoms with Gasteiger partial charge >= 0.3 is 66.7 Å². The van der Waals surface area contributed by atoms with E-state index in [1.165, 1.54) is 0 Å². The molecule has 0 amide bonds. The third-order valence-electron chi connectivity index (χ3n) is 0. The second kappa shape index (κ2) is 16.7. The first-order chi connectivity index (χ1) is 1.00. The van der Waals surface area contributed by atoms with E-state index in [1.807, 2.05) is 0 Å². The predicted octanol–water partition coefficient (Wildman–Crippen LogP) is -1.41. The molecular weight excluding hydrogens is 227 g/mol. The molecule has 0 aromatic rings. The van der Waals surface area contributed by atoms with Crippen molar-refractivity contribution in [3.63, 3.8) is 0 Å². The fraction of sp³-hybridized carbons (Fsp3) is 0. The topological polar surface area (TPSA) is 0 Å². The molecule has 0 nitrogen and oxygen atoms in total. The van der Waals surface area contributed by atoms with Gasteiger partial charge < -0.3 is 0 Å². The predicted molar refractivity (Wildman–Crippen MR) is 24.3 cm³/mol. The molecule has 0 saturated carbocycles. The summed E-state index contributed by atoms with van der Waals surface area (Å²) >= 11 is 0.778. The van der Waals surface area contributed by atoms with E-state index in [9.17, 15) is 0 Å². The summed E-state index contributed by atoms with van der Waals surface area (Å²) in [7, 11) is 0. The Kier molecular flexibility index (Phi) is 65.9. The van der Waals surface area contributed by atoms with Crippen molar-refractivity contribution in [1.82, 2.24) is 0 Å². The summed E-state index contributed by atoms with van der Waals surface area (Å²) in [4.78, 5) is 0. The molecule has 0 aliphatic heterocycles. The average Bonchev–Trinajstić information content (AvgIpc) is 1.00. The van der Waals surface area contributed by atoms with E-state index < -0.39 is 0 Å². The SMILES string of the molecule is [AlH3].[Cl][Ce].[MgH2]. The quantitative estimate of drug-likeness (QED) is 0.450. The summed E-state index contributed by atoms with van der Waals surface area (Å²) in [6.45, 7) is 0. The van der Waals surface area contributed by atoms with Crippen molar-refractivity contribution < 1.29 is 38.1 Å². The van der Waals surface area contributed by atoms with Gasteiger partial charge in [0.1, 0.15) is 0 Å². The number of halogens is 1. The fourth-order valence-corrected chi connectivity index (χ4v) is 0. The van der Waals surface area contributed by atoms with Crippen LogP contribution in [0, 0.1) is 38.1 Å². The van der Waals surface area contributed by atoms with Gasteiger partial charge in [0.15, 0.2) is 17.4 Å². The monoisotopic (exact) mass is 231 g/mol. The molecule has 0 aromatic heterocycles. The van der Waals surface area contributed by atoms with Crippen molar-refractivity contribution in [1.29, 1.82) is 0 Å². The van der Waals surface area contributed by atoms with Crippen LogP contribution in [-0.2, 0) is 0 Å². The first-order valence-corrected chi connectivity index (χ1v) is 4.13. The maximum Gasteiger partial charge on any atom is 0.316 e. The Morgan fingerprint density at radius 2 is 1.25 bits per heavy atom. The maximum absolute atomic E-state index is 4.78. The third kappa shape index (κ3) is 8.88. The van der Waals surface area contributed by atoms with E-state index in [4.69, 9.17) is 5.63 Å². The molecule has 0 atom stereocenters. The molecule has 0 spiro atoms. The van der Waals surface area contributed by atoms with Gasteiger partial charge in [0.25, 0.3) is 0 Å². The van der Waals surface area contributed by atoms with E-state index in [2.05, 4.69) is 0 Å². The summed E-state index contributed by atoms with van der Waals surface area (Å²) in [5.41, 5.74) is 4.78. The second-order valence-corrected chi connectivity index (χ2v) is 0. The molecule has 4 heteroatoms. The van der Waals surface area contributed by atoms with Crippen LogP contribution in [0.2, 0.25) is 0 Å². The van der Waals surface area contributed by atoms with Crippen LogP contribution < -0.4 is 0 Å². The molecule has 21 valence electrons. The van der Waals surface area contributed by atoms with Crippen LogP contribution in [0.25, 0.3) is 0 Å². The molecule has 0 fully saturated rings. The summed E-state index contributed by atoms with van der Waals surface area (Å²) < 4.78 is 0. The Hall–Kier alpha value is 2.97. The van der Waals surface area contributed by atoms with E-state index in [0.717, 1.165) is 38.1 Å². The average molecular weight is 232 g/mol. The molecule has 4 heavy (non-hydrogen) atoms. The summed E-state index contributed by atoms with van der Waals surface area (Å²) in [5.74, 6) is 0. The van der Waals surface area contributed by atoms with Crippen molar-refractivity contribution in [3.05, 3.63) is 0 Å². The Balaban J connectivity index is -0.00000000500. The van der Waals surface area contributed by atoms with Crippen LogP contribution in [0.5, 0.6) is 0 Å².